The van der Waals surface area contributed by atoms with Gasteiger partial charge in [0, 0.05) is 17.8 Å². The maximum absolute atomic E-state index is 13.3. The van der Waals surface area contributed by atoms with E-state index in [1.165, 1.54) is 18.2 Å². The fraction of sp³-hybridized carbons (Fsp3) is 0.0714. The van der Waals surface area contributed by atoms with Gasteiger partial charge in [0.05, 0.1) is 5.56 Å². The molecule has 0 unspecified atom stereocenters. The molecule has 0 spiro atoms. The second-order valence-electron chi connectivity index (χ2n) is 3.75. The number of anilines is 1. The average Bonchev–Trinajstić information content (AvgIpc) is 2.38. The molecule has 0 aliphatic rings. The van der Waals surface area contributed by atoms with Gasteiger partial charge in [-0.2, -0.15) is 5.26 Å². The molecule has 0 bridgehead atoms. The van der Waals surface area contributed by atoms with Gasteiger partial charge in [-0.1, -0.05) is 18.2 Å². The Kier molecular flexibility index (Phi) is 3.54. The minimum atomic E-state index is -0.587. The number of benzene rings is 2. The average molecular weight is 244 g/mol. The van der Waals surface area contributed by atoms with Crippen molar-refractivity contribution >= 4 is 5.69 Å². The highest BCUT2D eigenvalue weighted by Crippen LogP contribution is 2.15. The van der Waals surface area contributed by atoms with Crippen LogP contribution in [0.25, 0.3) is 0 Å². The summed E-state index contributed by atoms with van der Waals surface area (Å²) in [6, 6.07) is 12.3. The summed E-state index contributed by atoms with van der Waals surface area (Å²) in [6.45, 7) is 0.262. The number of nitrogens with one attached hydrogen (secondary N) is 1. The first-order valence-electron chi connectivity index (χ1n) is 5.37. The van der Waals surface area contributed by atoms with E-state index in [0.29, 0.717) is 11.3 Å². The van der Waals surface area contributed by atoms with E-state index in [-0.39, 0.29) is 17.9 Å². The van der Waals surface area contributed by atoms with Gasteiger partial charge in [0.1, 0.15) is 17.7 Å². The second kappa shape index (κ2) is 5.28. The predicted octanol–water partition coefficient (Wildman–Crippen LogP) is 3.45. The molecule has 2 aromatic rings. The molecule has 0 aromatic heterocycles. The molecule has 2 aromatic carbocycles. The van der Waals surface area contributed by atoms with E-state index >= 15 is 0 Å². The summed E-state index contributed by atoms with van der Waals surface area (Å²) in [4.78, 5) is 0. The van der Waals surface area contributed by atoms with E-state index in [1.54, 1.807) is 30.3 Å². The van der Waals surface area contributed by atoms with Gasteiger partial charge in [0.2, 0.25) is 0 Å². The largest absolute Gasteiger partial charge is 0.381 e. The van der Waals surface area contributed by atoms with Crippen molar-refractivity contribution in [2.24, 2.45) is 0 Å². The molecule has 4 heteroatoms. The summed E-state index contributed by atoms with van der Waals surface area (Å²) in [7, 11) is 0. The maximum atomic E-state index is 13.3. The van der Waals surface area contributed by atoms with Crippen LogP contribution in [0.4, 0.5) is 14.5 Å². The van der Waals surface area contributed by atoms with Gasteiger partial charge in [-0.3, -0.25) is 0 Å². The summed E-state index contributed by atoms with van der Waals surface area (Å²) in [5, 5.41) is 11.5. The van der Waals surface area contributed by atoms with Crippen LogP contribution in [0.5, 0.6) is 0 Å². The first-order chi connectivity index (χ1) is 8.70. The molecule has 0 aliphatic heterocycles. The van der Waals surface area contributed by atoms with E-state index in [9.17, 15) is 8.78 Å². The smallest absolute Gasteiger partial charge is 0.143 e. The van der Waals surface area contributed by atoms with Gasteiger partial charge in [-0.05, 0) is 24.3 Å². The van der Waals surface area contributed by atoms with Gasteiger partial charge >= 0.3 is 0 Å². The fourth-order valence-corrected chi connectivity index (χ4v) is 1.55. The third-order valence-electron chi connectivity index (χ3n) is 2.53. The van der Waals surface area contributed by atoms with E-state index in [4.69, 9.17) is 5.26 Å². The van der Waals surface area contributed by atoms with Crippen LogP contribution in [-0.4, -0.2) is 0 Å². The molecule has 2 nitrogen and oxygen atoms in total. The summed E-state index contributed by atoms with van der Waals surface area (Å²) < 4.78 is 26.7. The van der Waals surface area contributed by atoms with Crippen LogP contribution in [0, 0.1) is 23.0 Å². The van der Waals surface area contributed by atoms with Gasteiger partial charge in [0.15, 0.2) is 0 Å². The first kappa shape index (κ1) is 12.1. The zero-order valence-electron chi connectivity index (χ0n) is 9.45. The number of hydrogen-bond donors (Lipinski definition) is 1. The number of halogens is 2. The predicted molar refractivity (Wildman–Crippen MR) is 64.8 cm³/mol. The molecule has 0 heterocycles. The highest BCUT2D eigenvalue weighted by atomic mass is 19.1. The van der Waals surface area contributed by atoms with E-state index in [1.807, 2.05) is 0 Å². The van der Waals surface area contributed by atoms with E-state index in [0.717, 1.165) is 0 Å². The molecular weight excluding hydrogens is 234 g/mol. The third kappa shape index (κ3) is 2.64. The number of rotatable bonds is 3. The Morgan fingerprint density at radius 2 is 1.83 bits per heavy atom. The summed E-state index contributed by atoms with van der Waals surface area (Å²) >= 11 is 0. The molecule has 0 saturated heterocycles. The Morgan fingerprint density at radius 3 is 2.50 bits per heavy atom. The van der Waals surface area contributed by atoms with Crippen LogP contribution >= 0.6 is 0 Å². The van der Waals surface area contributed by atoms with Crippen molar-refractivity contribution in [3.8, 4) is 6.07 Å². The van der Waals surface area contributed by atoms with E-state index in [2.05, 4.69) is 5.32 Å². The second-order valence-corrected chi connectivity index (χ2v) is 3.75. The minimum Gasteiger partial charge on any atom is -0.381 e. The van der Waals surface area contributed by atoms with Crippen LogP contribution in [0.3, 0.4) is 0 Å². The van der Waals surface area contributed by atoms with Crippen molar-refractivity contribution in [3.05, 3.63) is 65.2 Å². The van der Waals surface area contributed by atoms with Crippen LogP contribution in [0.15, 0.2) is 42.5 Å². The lowest BCUT2D eigenvalue weighted by molar-refractivity contribution is 0.612. The van der Waals surface area contributed by atoms with Crippen LogP contribution in [-0.2, 0) is 6.54 Å². The van der Waals surface area contributed by atoms with Crippen molar-refractivity contribution in [2.75, 3.05) is 5.32 Å². The molecule has 0 amide bonds. The number of hydrogen-bond acceptors (Lipinski definition) is 2. The Morgan fingerprint density at radius 1 is 1.06 bits per heavy atom. The van der Waals surface area contributed by atoms with Gasteiger partial charge in [-0.25, -0.2) is 8.78 Å². The maximum Gasteiger partial charge on any atom is 0.143 e. The Balaban J connectivity index is 2.10. The first-order valence-corrected chi connectivity index (χ1v) is 5.37. The van der Waals surface area contributed by atoms with Gasteiger partial charge in [-0.15, -0.1) is 0 Å². The van der Waals surface area contributed by atoms with Gasteiger partial charge in [0.25, 0.3) is 0 Å². The Bertz CT molecular complexity index is 603. The minimum absolute atomic E-state index is 0.00792. The monoisotopic (exact) mass is 244 g/mol. The van der Waals surface area contributed by atoms with Crippen molar-refractivity contribution in [1.29, 1.82) is 5.26 Å². The molecule has 0 atom stereocenters. The van der Waals surface area contributed by atoms with Crippen molar-refractivity contribution in [1.82, 2.24) is 0 Å². The van der Waals surface area contributed by atoms with Crippen LogP contribution in [0.1, 0.15) is 11.1 Å². The zero-order chi connectivity index (χ0) is 13.0. The highest BCUT2D eigenvalue weighted by Gasteiger charge is 2.04. The molecule has 0 aliphatic carbocycles. The van der Waals surface area contributed by atoms with Crippen molar-refractivity contribution < 1.29 is 8.78 Å². The Hall–Kier alpha value is -2.41. The number of nitriles is 1. The molecule has 0 saturated carbocycles. The summed E-state index contributed by atoms with van der Waals surface area (Å²) in [5.41, 5.74) is 1.00. The van der Waals surface area contributed by atoms with Crippen molar-refractivity contribution in [2.45, 2.75) is 6.54 Å². The van der Waals surface area contributed by atoms with Crippen molar-refractivity contribution in [3.63, 3.8) is 0 Å². The lowest BCUT2D eigenvalue weighted by Crippen LogP contribution is -2.02. The molecule has 18 heavy (non-hydrogen) atoms. The van der Waals surface area contributed by atoms with Crippen LogP contribution < -0.4 is 5.32 Å². The lowest BCUT2D eigenvalue weighted by Gasteiger charge is -2.07. The normalized spacial score (nSPS) is 9.83. The van der Waals surface area contributed by atoms with Crippen LogP contribution in [0.2, 0.25) is 0 Å². The SMILES string of the molecule is N#Cc1ccc(NCc2ccccc2F)cc1F. The van der Waals surface area contributed by atoms with Gasteiger partial charge < -0.3 is 5.32 Å². The lowest BCUT2D eigenvalue weighted by atomic mass is 10.2. The zero-order valence-corrected chi connectivity index (χ0v) is 9.45. The quantitative estimate of drug-likeness (QED) is 0.897. The molecular formula is C14H10F2N2. The molecule has 1 N–H and O–H groups in total. The molecule has 0 radical (unpaired) electrons. The standard InChI is InChI=1S/C14H10F2N2/c15-13-4-2-1-3-11(13)9-18-12-6-5-10(8-17)14(16)7-12/h1-7,18H,9H2. The molecule has 0 fully saturated rings. The third-order valence-corrected chi connectivity index (χ3v) is 2.53. The molecule has 90 valence electrons. The topological polar surface area (TPSA) is 35.8 Å². The summed E-state index contributed by atoms with van der Waals surface area (Å²) in [6.07, 6.45) is 0. The van der Waals surface area contributed by atoms with E-state index < -0.39 is 5.82 Å². The number of nitrogens with zero attached hydrogens (tertiary/aromatic N) is 1. The summed E-state index contributed by atoms with van der Waals surface area (Å²) in [5.74, 6) is -0.893. The Labute approximate surface area is 103 Å². The highest BCUT2D eigenvalue weighted by molar-refractivity contribution is 5.48. The fourth-order valence-electron chi connectivity index (χ4n) is 1.55. The molecule has 2 rings (SSSR count).